The molecule has 0 aromatic heterocycles. The van der Waals surface area contributed by atoms with Gasteiger partial charge in [-0.25, -0.2) is 0 Å². The number of hydrogen-bond acceptors (Lipinski definition) is 4. The molecule has 1 aromatic rings. The van der Waals surface area contributed by atoms with Gasteiger partial charge in [0.1, 0.15) is 0 Å². The van der Waals surface area contributed by atoms with Crippen LogP contribution in [0.3, 0.4) is 0 Å². The van der Waals surface area contributed by atoms with Crippen LogP contribution in [0.2, 0.25) is 0 Å². The van der Waals surface area contributed by atoms with Crippen molar-refractivity contribution in [3.05, 3.63) is 24.3 Å². The van der Waals surface area contributed by atoms with E-state index in [0.717, 1.165) is 18.7 Å². The third-order valence-corrected chi connectivity index (χ3v) is 3.74. The maximum atomic E-state index is 12.4. The van der Waals surface area contributed by atoms with E-state index in [2.05, 4.69) is 24.1 Å². The molecule has 1 amide bonds. The Morgan fingerprint density at radius 3 is 2.71 bits per heavy atom. The van der Waals surface area contributed by atoms with Gasteiger partial charge in [-0.1, -0.05) is 13.0 Å². The van der Waals surface area contributed by atoms with Gasteiger partial charge in [0.2, 0.25) is 5.91 Å². The van der Waals surface area contributed by atoms with Crippen LogP contribution >= 0.6 is 0 Å². The fourth-order valence-corrected chi connectivity index (χ4v) is 2.24. The van der Waals surface area contributed by atoms with Crippen LogP contribution in [-0.2, 0) is 9.53 Å². The molecule has 0 heterocycles. The molecule has 0 bridgehead atoms. The molecule has 21 heavy (non-hydrogen) atoms. The number of anilines is 2. The van der Waals surface area contributed by atoms with Crippen molar-refractivity contribution in [1.29, 1.82) is 0 Å². The van der Waals surface area contributed by atoms with Crippen molar-refractivity contribution in [2.24, 2.45) is 0 Å². The molecule has 118 valence electrons. The van der Waals surface area contributed by atoms with Crippen LogP contribution in [0.15, 0.2) is 24.3 Å². The van der Waals surface area contributed by atoms with Gasteiger partial charge in [0.15, 0.2) is 0 Å². The van der Waals surface area contributed by atoms with E-state index in [0.29, 0.717) is 18.3 Å². The van der Waals surface area contributed by atoms with E-state index in [9.17, 15) is 4.79 Å². The summed E-state index contributed by atoms with van der Waals surface area (Å²) in [6.45, 7) is 7.51. The van der Waals surface area contributed by atoms with Crippen LogP contribution in [0, 0.1) is 0 Å². The van der Waals surface area contributed by atoms with Crippen LogP contribution in [0.4, 0.5) is 11.4 Å². The number of hydrogen-bond donors (Lipinski definition) is 2. The Bertz CT molecular complexity index is 451. The number of ether oxygens (including phenoxy) is 1. The van der Waals surface area contributed by atoms with Crippen molar-refractivity contribution < 1.29 is 9.53 Å². The Hall–Kier alpha value is -1.59. The Labute approximate surface area is 127 Å². The van der Waals surface area contributed by atoms with E-state index in [-0.39, 0.29) is 11.9 Å². The van der Waals surface area contributed by atoms with E-state index in [1.807, 2.05) is 19.1 Å². The molecule has 0 aliphatic rings. The first-order valence-corrected chi connectivity index (χ1v) is 7.40. The van der Waals surface area contributed by atoms with Crippen molar-refractivity contribution in [2.75, 3.05) is 31.3 Å². The van der Waals surface area contributed by atoms with Crippen molar-refractivity contribution >= 4 is 17.3 Å². The maximum absolute atomic E-state index is 12.4. The lowest BCUT2D eigenvalue weighted by molar-refractivity contribution is -0.121. The molecule has 0 fully saturated rings. The summed E-state index contributed by atoms with van der Waals surface area (Å²) in [6, 6.07) is 7.31. The second-order valence-electron chi connectivity index (χ2n) is 5.28. The first kappa shape index (κ1) is 17.5. The largest absolute Gasteiger partial charge is 0.399 e. The second-order valence-corrected chi connectivity index (χ2v) is 5.28. The zero-order valence-electron chi connectivity index (χ0n) is 13.4. The Kier molecular flexibility index (Phi) is 7.19. The van der Waals surface area contributed by atoms with Crippen LogP contribution < -0.4 is 11.1 Å². The average molecular weight is 293 g/mol. The van der Waals surface area contributed by atoms with Crippen LogP contribution in [0.5, 0.6) is 0 Å². The number of rotatable bonds is 8. The third-order valence-electron chi connectivity index (χ3n) is 3.74. The standard InChI is InChI=1S/C16H27N3O2/c1-5-12(2)19(9-10-21-4)13(3)16(20)18-15-8-6-7-14(17)11-15/h6-8,11-13H,5,9-10,17H2,1-4H3,(H,18,20). The zero-order valence-corrected chi connectivity index (χ0v) is 13.4. The normalized spacial score (nSPS) is 14.0. The quantitative estimate of drug-likeness (QED) is 0.722. The van der Waals surface area contributed by atoms with Crippen molar-refractivity contribution in [3.63, 3.8) is 0 Å². The summed E-state index contributed by atoms with van der Waals surface area (Å²) in [5.41, 5.74) is 7.09. The number of nitrogens with one attached hydrogen (secondary N) is 1. The SMILES string of the molecule is CCC(C)N(CCOC)C(C)C(=O)Nc1cccc(N)c1. The minimum Gasteiger partial charge on any atom is -0.399 e. The topological polar surface area (TPSA) is 67.6 Å². The summed E-state index contributed by atoms with van der Waals surface area (Å²) in [7, 11) is 1.67. The molecule has 0 aliphatic carbocycles. The van der Waals surface area contributed by atoms with E-state index >= 15 is 0 Å². The molecule has 0 radical (unpaired) electrons. The number of nitrogens with two attached hydrogens (primary N) is 1. The molecule has 5 nitrogen and oxygen atoms in total. The minimum absolute atomic E-state index is 0.0306. The smallest absolute Gasteiger partial charge is 0.241 e. The molecule has 2 unspecified atom stereocenters. The number of benzene rings is 1. The summed E-state index contributed by atoms with van der Waals surface area (Å²) in [4.78, 5) is 14.6. The first-order chi connectivity index (χ1) is 9.99. The highest BCUT2D eigenvalue weighted by Gasteiger charge is 2.24. The van der Waals surface area contributed by atoms with Crippen molar-refractivity contribution in [1.82, 2.24) is 4.90 Å². The van der Waals surface area contributed by atoms with Crippen LogP contribution in [0.1, 0.15) is 27.2 Å². The Morgan fingerprint density at radius 1 is 1.43 bits per heavy atom. The van der Waals surface area contributed by atoms with Gasteiger partial charge in [0.05, 0.1) is 12.6 Å². The molecule has 1 aromatic carbocycles. The molecular formula is C16H27N3O2. The zero-order chi connectivity index (χ0) is 15.8. The predicted octanol–water partition coefficient (Wildman–Crippen LogP) is 2.34. The lowest BCUT2D eigenvalue weighted by atomic mass is 10.1. The van der Waals surface area contributed by atoms with Gasteiger partial charge in [-0.15, -0.1) is 0 Å². The van der Waals surface area contributed by atoms with Gasteiger partial charge in [0, 0.05) is 31.1 Å². The van der Waals surface area contributed by atoms with Gasteiger partial charge in [-0.3, -0.25) is 9.69 Å². The maximum Gasteiger partial charge on any atom is 0.241 e. The van der Waals surface area contributed by atoms with Crippen LogP contribution in [0.25, 0.3) is 0 Å². The van der Waals surface area contributed by atoms with Gasteiger partial charge >= 0.3 is 0 Å². The highest BCUT2D eigenvalue weighted by Crippen LogP contribution is 2.14. The molecule has 0 saturated heterocycles. The molecule has 1 rings (SSSR count). The van der Waals surface area contributed by atoms with Crippen molar-refractivity contribution in [2.45, 2.75) is 39.3 Å². The fourth-order valence-electron chi connectivity index (χ4n) is 2.24. The average Bonchev–Trinajstić information content (AvgIpc) is 2.46. The number of amides is 1. The highest BCUT2D eigenvalue weighted by atomic mass is 16.5. The lowest BCUT2D eigenvalue weighted by Crippen LogP contribution is -2.48. The molecule has 0 spiro atoms. The van der Waals surface area contributed by atoms with Gasteiger partial charge in [-0.05, 0) is 38.5 Å². The number of nitrogen functional groups attached to an aromatic ring is 1. The van der Waals surface area contributed by atoms with Gasteiger partial charge in [0.25, 0.3) is 0 Å². The number of nitrogens with zero attached hydrogens (tertiary/aromatic N) is 1. The Balaban J connectivity index is 2.72. The fraction of sp³-hybridized carbons (Fsp3) is 0.562. The molecule has 5 heteroatoms. The minimum atomic E-state index is -0.225. The molecule has 2 atom stereocenters. The monoisotopic (exact) mass is 293 g/mol. The van der Waals surface area contributed by atoms with E-state index in [4.69, 9.17) is 10.5 Å². The summed E-state index contributed by atoms with van der Waals surface area (Å²) in [6.07, 6.45) is 0.986. The highest BCUT2D eigenvalue weighted by molar-refractivity contribution is 5.94. The van der Waals surface area contributed by atoms with Crippen molar-refractivity contribution in [3.8, 4) is 0 Å². The van der Waals surface area contributed by atoms with E-state index in [1.165, 1.54) is 0 Å². The number of carbonyl (C=O) groups excluding carboxylic acids is 1. The molecule has 0 aliphatic heterocycles. The van der Waals surface area contributed by atoms with E-state index < -0.39 is 0 Å². The summed E-state index contributed by atoms with van der Waals surface area (Å²) >= 11 is 0. The summed E-state index contributed by atoms with van der Waals surface area (Å²) in [5, 5.41) is 2.92. The molecular weight excluding hydrogens is 266 g/mol. The van der Waals surface area contributed by atoms with Gasteiger partial charge < -0.3 is 15.8 Å². The molecule has 0 saturated carbocycles. The predicted molar refractivity (Wildman–Crippen MR) is 87.3 cm³/mol. The van der Waals surface area contributed by atoms with E-state index in [1.54, 1.807) is 19.2 Å². The lowest BCUT2D eigenvalue weighted by Gasteiger charge is -2.33. The first-order valence-electron chi connectivity index (χ1n) is 7.40. The second kappa shape index (κ2) is 8.64. The number of carbonyl (C=O) groups is 1. The third kappa shape index (κ3) is 5.36. The molecule has 3 N–H and O–H groups in total. The van der Waals surface area contributed by atoms with Crippen LogP contribution in [-0.4, -0.2) is 43.2 Å². The van der Waals surface area contributed by atoms with Gasteiger partial charge in [-0.2, -0.15) is 0 Å². The Morgan fingerprint density at radius 2 is 2.14 bits per heavy atom. The summed E-state index contributed by atoms with van der Waals surface area (Å²) < 4.78 is 5.14. The summed E-state index contributed by atoms with van der Waals surface area (Å²) in [5.74, 6) is -0.0306. The number of methoxy groups -OCH3 is 1.